The number of hydrogen-bond acceptors (Lipinski definition) is 6. The molecule has 2 heterocycles. The van der Waals surface area contributed by atoms with E-state index >= 15 is 0 Å². The van der Waals surface area contributed by atoms with Gasteiger partial charge in [0.15, 0.2) is 11.6 Å². The number of ether oxygens (including phenoxy) is 2. The third-order valence-corrected chi connectivity index (χ3v) is 5.04. The molecule has 2 N–H and O–H groups in total. The van der Waals surface area contributed by atoms with Gasteiger partial charge in [0.05, 0.1) is 31.2 Å². The van der Waals surface area contributed by atoms with E-state index in [1.165, 1.54) is 18.0 Å². The largest absolute Gasteiger partial charge is 0.481 e. The maximum absolute atomic E-state index is 13.4. The van der Waals surface area contributed by atoms with E-state index in [9.17, 15) is 18.0 Å². The van der Waals surface area contributed by atoms with E-state index in [4.69, 9.17) is 9.47 Å². The Morgan fingerprint density at radius 2 is 1.78 bits per heavy atom. The Hall–Kier alpha value is -4.02. The Bertz CT molecular complexity index is 1210. The lowest BCUT2D eigenvalue weighted by atomic mass is 10.1. The molecule has 0 atom stereocenters. The predicted octanol–water partition coefficient (Wildman–Crippen LogP) is 4.50. The molecular weight excluding hydrogens is 487 g/mol. The van der Waals surface area contributed by atoms with Crippen LogP contribution in [0.1, 0.15) is 32.0 Å². The Kier molecular flexibility index (Phi) is 8.46. The van der Waals surface area contributed by atoms with E-state index in [2.05, 4.69) is 27.3 Å². The third-order valence-electron chi connectivity index (χ3n) is 5.04. The van der Waals surface area contributed by atoms with E-state index in [0.717, 1.165) is 11.6 Å². The molecule has 11 heteroatoms. The molecule has 198 valence electrons. The molecule has 0 aliphatic rings. The van der Waals surface area contributed by atoms with E-state index in [0.29, 0.717) is 36.0 Å². The number of rotatable bonds is 10. The first-order valence-electron chi connectivity index (χ1n) is 11.5. The van der Waals surface area contributed by atoms with Crippen LogP contribution in [0.25, 0.3) is 16.9 Å². The molecule has 0 aliphatic carbocycles. The highest BCUT2D eigenvalue weighted by Crippen LogP contribution is 2.33. The van der Waals surface area contributed by atoms with Crippen LogP contribution in [-0.4, -0.2) is 46.5 Å². The zero-order valence-electron chi connectivity index (χ0n) is 21.1. The van der Waals surface area contributed by atoms with Gasteiger partial charge >= 0.3 is 6.18 Å². The van der Waals surface area contributed by atoms with Gasteiger partial charge in [-0.05, 0) is 51.5 Å². The summed E-state index contributed by atoms with van der Waals surface area (Å²) in [5.41, 5.74) is 0.669. The fourth-order valence-electron chi connectivity index (χ4n) is 3.38. The first kappa shape index (κ1) is 27.6. The number of methoxy groups -OCH3 is 1. The summed E-state index contributed by atoms with van der Waals surface area (Å²) >= 11 is 0. The van der Waals surface area contributed by atoms with Crippen molar-refractivity contribution in [3.63, 3.8) is 0 Å². The SMILES string of the molecule is C=C(NCC(=O)NCCc1ccc(-c2cc(C(F)(F)F)nn2-c2ccc(OC)nc2)cc1)OC(C)(C)C. The molecule has 1 aromatic carbocycles. The second-order valence-electron chi connectivity index (χ2n) is 9.17. The Labute approximate surface area is 213 Å². The van der Waals surface area contributed by atoms with Crippen LogP contribution in [0.15, 0.2) is 61.1 Å². The van der Waals surface area contributed by atoms with Crippen LogP contribution in [0.2, 0.25) is 0 Å². The van der Waals surface area contributed by atoms with Crippen molar-refractivity contribution in [2.45, 2.75) is 39.0 Å². The topological polar surface area (TPSA) is 90.3 Å². The summed E-state index contributed by atoms with van der Waals surface area (Å²) in [6.07, 6.45) is -2.66. The van der Waals surface area contributed by atoms with Gasteiger partial charge in [-0.1, -0.05) is 24.3 Å². The van der Waals surface area contributed by atoms with Gasteiger partial charge in [-0.15, -0.1) is 0 Å². The lowest BCUT2D eigenvalue weighted by Gasteiger charge is -2.23. The minimum Gasteiger partial charge on any atom is -0.481 e. The van der Waals surface area contributed by atoms with Crippen LogP contribution >= 0.6 is 0 Å². The summed E-state index contributed by atoms with van der Waals surface area (Å²) in [6.45, 7) is 9.79. The standard InChI is InChI=1S/C26H30F3N5O3/c1-17(37-25(2,3)4)31-16-23(35)30-13-12-18-6-8-19(9-7-18)21-14-22(26(27,28)29)33-34(21)20-10-11-24(36-5)32-15-20/h6-11,14-15,31H,1,12-13,16H2,2-5H3,(H,30,35). The fourth-order valence-corrected chi connectivity index (χ4v) is 3.38. The highest BCUT2D eigenvalue weighted by Gasteiger charge is 2.35. The normalized spacial score (nSPS) is 11.6. The summed E-state index contributed by atoms with van der Waals surface area (Å²) in [5, 5.41) is 9.39. The van der Waals surface area contributed by atoms with Crippen molar-refractivity contribution in [1.82, 2.24) is 25.4 Å². The van der Waals surface area contributed by atoms with Crippen LogP contribution in [-0.2, 0) is 22.1 Å². The summed E-state index contributed by atoms with van der Waals surface area (Å²) < 4.78 is 52.0. The predicted molar refractivity (Wildman–Crippen MR) is 133 cm³/mol. The number of pyridine rings is 1. The van der Waals surface area contributed by atoms with E-state index in [1.807, 2.05) is 20.8 Å². The van der Waals surface area contributed by atoms with Gasteiger partial charge in [-0.25, -0.2) is 9.67 Å². The fraction of sp³-hybridized carbons (Fsp3) is 0.346. The summed E-state index contributed by atoms with van der Waals surface area (Å²) in [4.78, 5) is 16.1. The monoisotopic (exact) mass is 517 g/mol. The van der Waals surface area contributed by atoms with Gasteiger partial charge in [0.25, 0.3) is 0 Å². The van der Waals surface area contributed by atoms with Crippen LogP contribution in [0, 0.1) is 0 Å². The Morgan fingerprint density at radius 3 is 2.35 bits per heavy atom. The van der Waals surface area contributed by atoms with E-state index in [1.54, 1.807) is 36.4 Å². The maximum Gasteiger partial charge on any atom is 0.435 e. The van der Waals surface area contributed by atoms with Crippen molar-refractivity contribution >= 4 is 5.91 Å². The van der Waals surface area contributed by atoms with Crippen molar-refractivity contribution in [1.29, 1.82) is 0 Å². The first-order chi connectivity index (χ1) is 17.4. The number of aromatic nitrogens is 3. The number of benzene rings is 1. The van der Waals surface area contributed by atoms with Gasteiger partial charge in [-0.3, -0.25) is 4.79 Å². The van der Waals surface area contributed by atoms with Crippen molar-refractivity contribution in [3.8, 4) is 22.8 Å². The quantitative estimate of drug-likeness (QED) is 0.385. The molecule has 0 fully saturated rings. The lowest BCUT2D eigenvalue weighted by molar-refractivity contribution is -0.141. The number of nitrogens with zero attached hydrogens (tertiary/aromatic N) is 3. The van der Waals surface area contributed by atoms with Gasteiger partial charge in [-0.2, -0.15) is 18.3 Å². The Balaban J connectivity index is 1.64. The molecule has 0 bridgehead atoms. The van der Waals surface area contributed by atoms with Gasteiger partial charge in [0, 0.05) is 18.2 Å². The maximum atomic E-state index is 13.4. The molecule has 0 radical (unpaired) electrons. The third kappa shape index (κ3) is 7.99. The average Bonchev–Trinajstić information content (AvgIpc) is 3.28. The number of carbonyl (C=O) groups is 1. The number of carbonyl (C=O) groups excluding carboxylic acids is 1. The van der Waals surface area contributed by atoms with Crippen LogP contribution in [0.5, 0.6) is 5.88 Å². The highest BCUT2D eigenvalue weighted by atomic mass is 19.4. The molecule has 2 aromatic heterocycles. The molecule has 0 saturated carbocycles. The minimum atomic E-state index is -4.60. The molecule has 8 nitrogen and oxygen atoms in total. The van der Waals surface area contributed by atoms with Gasteiger partial charge in [0.2, 0.25) is 11.8 Å². The highest BCUT2D eigenvalue weighted by molar-refractivity contribution is 5.78. The van der Waals surface area contributed by atoms with Crippen molar-refractivity contribution < 1.29 is 27.4 Å². The van der Waals surface area contributed by atoms with Crippen LogP contribution in [0.4, 0.5) is 13.2 Å². The number of hydrogen-bond donors (Lipinski definition) is 2. The number of alkyl halides is 3. The zero-order valence-corrected chi connectivity index (χ0v) is 21.1. The molecule has 3 aromatic rings. The number of halogens is 3. The van der Waals surface area contributed by atoms with Crippen LogP contribution < -0.4 is 15.4 Å². The molecule has 0 aliphatic heterocycles. The summed E-state index contributed by atoms with van der Waals surface area (Å²) in [6, 6.07) is 11.2. The van der Waals surface area contributed by atoms with Crippen molar-refractivity contribution in [2.24, 2.45) is 0 Å². The molecule has 3 rings (SSSR count). The lowest BCUT2D eigenvalue weighted by Crippen LogP contribution is -2.36. The van der Waals surface area contributed by atoms with Gasteiger partial charge in [0.1, 0.15) is 5.60 Å². The molecule has 37 heavy (non-hydrogen) atoms. The van der Waals surface area contributed by atoms with Crippen LogP contribution in [0.3, 0.4) is 0 Å². The zero-order chi connectivity index (χ0) is 27.2. The second kappa shape index (κ2) is 11.4. The first-order valence-corrected chi connectivity index (χ1v) is 11.5. The number of amides is 1. The van der Waals surface area contributed by atoms with E-state index in [-0.39, 0.29) is 18.1 Å². The second-order valence-corrected chi connectivity index (χ2v) is 9.17. The summed E-state index contributed by atoms with van der Waals surface area (Å²) in [5.74, 6) is 0.437. The smallest absolute Gasteiger partial charge is 0.435 e. The summed E-state index contributed by atoms with van der Waals surface area (Å²) in [7, 11) is 1.45. The molecule has 1 amide bonds. The minimum absolute atomic E-state index is 0.0274. The Morgan fingerprint density at radius 1 is 1.08 bits per heavy atom. The molecule has 0 unspecified atom stereocenters. The van der Waals surface area contributed by atoms with Gasteiger partial charge < -0.3 is 20.1 Å². The number of nitrogens with one attached hydrogen (secondary N) is 2. The molecular formula is C26H30F3N5O3. The molecule has 0 saturated heterocycles. The van der Waals surface area contributed by atoms with E-state index < -0.39 is 17.5 Å². The van der Waals surface area contributed by atoms with Crippen molar-refractivity contribution in [3.05, 3.63) is 72.4 Å². The van der Waals surface area contributed by atoms with Crippen molar-refractivity contribution in [2.75, 3.05) is 20.2 Å². The average molecular weight is 518 g/mol. The molecule has 0 spiro atoms.